The molecule has 4 N–H and O–H groups in total. The van der Waals surface area contributed by atoms with Crippen LogP contribution in [0.25, 0.3) is 11.0 Å². The average molecular weight is 186 g/mol. The van der Waals surface area contributed by atoms with Gasteiger partial charge in [-0.05, 0) is 12.1 Å². The van der Waals surface area contributed by atoms with Crippen LogP contribution in [-0.2, 0) is 0 Å². The minimum absolute atomic E-state index is 0. The Labute approximate surface area is 74.2 Å². The molecule has 5 heteroatoms. The van der Waals surface area contributed by atoms with Gasteiger partial charge in [0.1, 0.15) is 0 Å². The summed E-state index contributed by atoms with van der Waals surface area (Å²) >= 11 is 0. The number of para-hydroxylation sites is 1. The SMILES string of the molecule is Cl.Nc1cccc2[nH]c(=O)[nH]c12. The highest BCUT2D eigenvalue weighted by molar-refractivity contribution is 5.86. The van der Waals surface area contributed by atoms with Crippen LogP contribution in [0.3, 0.4) is 0 Å². The Morgan fingerprint density at radius 3 is 2.67 bits per heavy atom. The van der Waals surface area contributed by atoms with E-state index in [2.05, 4.69) is 9.97 Å². The summed E-state index contributed by atoms with van der Waals surface area (Å²) in [6.45, 7) is 0. The zero-order valence-electron chi connectivity index (χ0n) is 6.13. The minimum Gasteiger partial charge on any atom is -0.397 e. The van der Waals surface area contributed by atoms with E-state index in [1.807, 2.05) is 0 Å². The van der Waals surface area contributed by atoms with Gasteiger partial charge < -0.3 is 15.7 Å². The van der Waals surface area contributed by atoms with E-state index in [1.54, 1.807) is 18.2 Å². The second-order valence-corrected chi connectivity index (χ2v) is 2.35. The minimum atomic E-state index is -0.224. The van der Waals surface area contributed by atoms with Crippen molar-refractivity contribution in [3.8, 4) is 0 Å². The highest BCUT2D eigenvalue weighted by atomic mass is 35.5. The van der Waals surface area contributed by atoms with Gasteiger partial charge in [-0.1, -0.05) is 6.07 Å². The Balaban J connectivity index is 0.000000720. The summed E-state index contributed by atoms with van der Waals surface area (Å²) in [7, 11) is 0. The van der Waals surface area contributed by atoms with Crippen LogP contribution in [0.4, 0.5) is 5.69 Å². The first-order valence-corrected chi connectivity index (χ1v) is 3.24. The van der Waals surface area contributed by atoms with Crippen LogP contribution in [0, 0.1) is 0 Å². The van der Waals surface area contributed by atoms with Crippen molar-refractivity contribution in [3.05, 3.63) is 28.7 Å². The van der Waals surface area contributed by atoms with Crippen molar-refractivity contribution in [2.45, 2.75) is 0 Å². The lowest BCUT2D eigenvalue weighted by Crippen LogP contribution is -1.99. The molecule has 0 aliphatic carbocycles. The van der Waals surface area contributed by atoms with Crippen molar-refractivity contribution in [2.75, 3.05) is 5.73 Å². The molecule has 0 spiro atoms. The van der Waals surface area contributed by atoms with Crippen LogP contribution in [-0.4, -0.2) is 9.97 Å². The molecule has 2 rings (SSSR count). The molecule has 12 heavy (non-hydrogen) atoms. The number of fused-ring (bicyclic) bond motifs is 1. The maximum atomic E-state index is 10.8. The first-order valence-electron chi connectivity index (χ1n) is 3.24. The van der Waals surface area contributed by atoms with Crippen molar-refractivity contribution in [1.29, 1.82) is 0 Å². The molecule has 0 bridgehead atoms. The van der Waals surface area contributed by atoms with Crippen LogP contribution < -0.4 is 11.4 Å². The topological polar surface area (TPSA) is 74.7 Å². The van der Waals surface area contributed by atoms with Gasteiger partial charge in [0.25, 0.3) is 0 Å². The summed E-state index contributed by atoms with van der Waals surface area (Å²) in [5.41, 5.74) is 7.36. The molecule has 1 aromatic carbocycles. The van der Waals surface area contributed by atoms with Crippen LogP contribution in [0.2, 0.25) is 0 Å². The van der Waals surface area contributed by atoms with E-state index in [0.29, 0.717) is 11.2 Å². The smallest absolute Gasteiger partial charge is 0.323 e. The number of rotatable bonds is 0. The summed E-state index contributed by atoms with van der Waals surface area (Å²) in [6, 6.07) is 5.33. The first kappa shape index (κ1) is 8.67. The summed E-state index contributed by atoms with van der Waals surface area (Å²) in [4.78, 5) is 16.0. The number of nitrogen functional groups attached to an aromatic ring is 1. The molecule has 0 fully saturated rings. The quantitative estimate of drug-likeness (QED) is 0.533. The number of imidazole rings is 1. The van der Waals surface area contributed by atoms with Crippen molar-refractivity contribution in [1.82, 2.24) is 9.97 Å². The van der Waals surface area contributed by atoms with Gasteiger partial charge in [-0.25, -0.2) is 4.79 Å². The highest BCUT2D eigenvalue weighted by Crippen LogP contribution is 2.13. The van der Waals surface area contributed by atoms with Crippen LogP contribution in [0.15, 0.2) is 23.0 Å². The predicted molar refractivity (Wildman–Crippen MR) is 50.6 cm³/mol. The van der Waals surface area contributed by atoms with Gasteiger partial charge in [-0.3, -0.25) is 0 Å². The number of halogens is 1. The molecule has 0 amide bonds. The summed E-state index contributed by atoms with van der Waals surface area (Å²) in [5, 5.41) is 0. The average Bonchev–Trinajstić information content (AvgIpc) is 2.31. The van der Waals surface area contributed by atoms with Gasteiger partial charge in [0.05, 0.1) is 16.7 Å². The van der Waals surface area contributed by atoms with Crippen molar-refractivity contribution >= 4 is 29.1 Å². The Bertz CT molecular complexity index is 445. The Morgan fingerprint density at radius 2 is 2.00 bits per heavy atom. The molecule has 0 aliphatic rings. The van der Waals surface area contributed by atoms with Gasteiger partial charge >= 0.3 is 5.69 Å². The maximum Gasteiger partial charge on any atom is 0.323 e. The van der Waals surface area contributed by atoms with Crippen LogP contribution in [0.1, 0.15) is 0 Å². The fraction of sp³-hybridized carbons (Fsp3) is 0. The number of nitrogens with two attached hydrogens (primary N) is 1. The molecule has 2 aromatic rings. The zero-order valence-corrected chi connectivity index (χ0v) is 6.94. The molecule has 4 nitrogen and oxygen atoms in total. The van der Waals surface area contributed by atoms with E-state index in [-0.39, 0.29) is 18.1 Å². The van der Waals surface area contributed by atoms with E-state index in [9.17, 15) is 4.79 Å². The van der Waals surface area contributed by atoms with Gasteiger partial charge in [-0.15, -0.1) is 12.4 Å². The lowest BCUT2D eigenvalue weighted by atomic mass is 10.3. The van der Waals surface area contributed by atoms with Crippen molar-refractivity contribution in [3.63, 3.8) is 0 Å². The van der Waals surface area contributed by atoms with E-state index in [1.165, 1.54) is 0 Å². The van der Waals surface area contributed by atoms with Crippen LogP contribution in [0.5, 0.6) is 0 Å². The highest BCUT2D eigenvalue weighted by Gasteiger charge is 1.98. The van der Waals surface area contributed by atoms with E-state index < -0.39 is 0 Å². The first-order chi connectivity index (χ1) is 5.27. The molecule has 0 radical (unpaired) electrons. The number of benzene rings is 1. The fourth-order valence-electron chi connectivity index (χ4n) is 1.08. The van der Waals surface area contributed by atoms with Gasteiger partial charge in [0, 0.05) is 0 Å². The predicted octanol–water partition coefficient (Wildman–Crippen LogP) is 0.860. The monoisotopic (exact) mass is 185 g/mol. The number of aromatic amines is 2. The second kappa shape index (κ2) is 2.91. The van der Waals surface area contributed by atoms with E-state index >= 15 is 0 Å². The Morgan fingerprint density at radius 1 is 1.25 bits per heavy atom. The summed E-state index contributed by atoms with van der Waals surface area (Å²) in [6.07, 6.45) is 0. The number of nitrogens with one attached hydrogen (secondary N) is 2. The Hall–Kier alpha value is -1.42. The molecule has 0 atom stereocenters. The summed E-state index contributed by atoms with van der Waals surface area (Å²) < 4.78 is 0. The number of hydrogen-bond acceptors (Lipinski definition) is 2. The second-order valence-electron chi connectivity index (χ2n) is 2.35. The lowest BCUT2D eigenvalue weighted by molar-refractivity contribution is 1.22. The third kappa shape index (κ3) is 1.16. The third-order valence-electron chi connectivity index (χ3n) is 1.58. The van der Waals surface area contributed by atoms with Crippen molar-refractivity contribution in [2.24, 2.45) is 0 Å². The molecule has 1 heterocycles. The molecule has 1 aromatic heterocycles. The number of H-pyrrole nitrogens is 2. The van der Waals surface area contributed by atoms with Gasteiger partial charge in [0.15, 0.2) is 0 Å². The molecule has 64 valence electrons. The largest absolute Gasteiger partial charge is 0.397 e. The van der Waals surface area contributed by atoms with Crippen molar-refractivity contribution < 1.29 is 0 Å². The van der Waals surface area contributed by atoms with Gasteiger partial charge in [-0.2, -0.15) is 0 Å². The number of hydrogen-bond donors (Lipinski definition) is 3. The standard InChI is InChI=1S/C7H7N3O.ClH/c8-4-2-1-3-5-6(4)10-7(11)9-5;/h1-3H,8H2,(H2,9,10,11);1H. The number of anilines is 1. The summed E-state index contributed by atoms with van der Waals surface area (Å²) in [5.74, 6) is 0. The zero-order chi connectivity index (χ0) is 7.84. The van der Waals surface area contributed by atoms with E-state index in [0.717, 1.165) is 5.52 Å². The lowest BCUT2D eigenvalue weighted by Gasteiger charge is -1.91. The van der Waals surface area contributed by atoms with Gasteiger partial charge in [0.2, 0.25) is 0 Å². The fourth-order valence-corrected chi connectivity index (χ4v) is 1.08. The molecule has 0 saturated carbocycles. The molecular formula is C7H8ClN3O. The third-order valence-corrected chi connectivity index (χ3v) is 1.58. The molecule has 0 aliphatic heterocycles. The Kier molecular flexibility index (Phi) is 2.10. The van der Waals surface area contributed by atoms with E-state index in [4.69, 9.17) is 5.73 Å². The number of aromatic nitrogens is 2. The van der Waals surface area contributed by atoms with Crippen LogP contribution >= 0.6 is 12.4 Å². The molecule has 0 unspecified atom stereocenters. The normalized spacial score (nSPS) is 9.67. The maximum absolute atomic E-state index is 10.8. The molecular weight excluding hydrogens is 178 g/mol. The molecule has 0 saturated heterocycles.